The van der Waals surface area contributed by atoms with E-state index in [0.29, 0.717) is 31.4 Å². The molecule has 0 atom stereocenters. The van der Waals surface area contributed by atoms with E-state index in [0.717, 1.165) is 0 Å². The second-order valence-electron chi connectivity index (χ2n) is 4.46. The Bertz CT molecular complexity index is 634. The minimum absolute atomic E-state index is 0.0120. The number of carbonyl (C=O) groups is 1. The third-order valence-corrected chi connectivity index (χ3v) is 4.35. The molecule has 0 aliphatic carbocycles. The van der Waals surface area contributed by atoms with Gasteiger partial charge in [-0.25, -0.2) is 26.3 Å². The van der Waals surface area contributed by atoms with Crippen LogP contribution in [-0.4, -0.2) is 28.0 Å². The van der Waals surface area contributed by atoms with Gasteiger partial charge in [-0.3, -0.25) is 4.79 Å². The number of methoxy groups -OCH3 is 1. The van der Waals surface area contributed by atoms with Crippen LogP contribution in [0.3, 0.4) is 0 Å². The summed E-state index contributed by atoms with van der Waals surface area (Å²) in [5.41, 5.74) is 0. The van der Waals surface area contributed by atoms with Gasteiger partial charge in [0.05, 0.1) is 7.11 Å². The maximum absolute atomic E-state index is 13.4. The highest BCUT2D eigenvalue weighted by molar-refractivity contribution is 7.89. The zero-order valence-corrected chi connectivity index (χ0v) is 12.7. The van der Waals surface area contributed by atoms with E-state index in [-0.39, 0.29) is 18.9 Å². The van der Waals surface area contributed by atoms with Gasteiger partial charge in [0, 0.05) is 13.0 Å². The topological polar surface area (TPSA) is 72.5 Å². The summed E-state index contributed by atoms with van der Waals surface area (Å²) in [7, 11) is -2.99. The number of esters is 1. The van der Waals surface area contributed by atoms with Crippen LogP contribution in [0.4, 0.5) is 13.2 Å². The van der Waals surface area contributed by atoms with Crippen molar-refractivity contribution < 1.29 is 31.1 Å². The molecule has 1 N–H and O–H groups in total. The van der Waals surface area contributed by atoms with Gasteiger partial charge in [0.15, 0.2) is 17.5 Å². The maximum atomic E-state index is 13.4. The summed E-state index contributed by atoms with van der Waals surface area (Å²) >= 11 is 0. The van der Waals surface area contributed by atoms with E-state index in [9.17, 15) is 26.4 Å². The monoisotopic (exact) mass is 339 g/mol. The Morgan fingerprint density at radius 1 is 1.14 bits per heavy atom. The van der Waals surface area contributed by atoms with Crippen molar-refractivity contribution in [2.75, 3.05) is 13.7 Å². The van der Waals surface area contributed by atoms with Crippen molar-refractivity contribution >= 4 is 16.0 Å². The first kappa shape index (κ1) is 18.4. The standard InChI is InChI=1S/C13H16F3NO4S/c1-21-11(18)5-3-2-4-8-17-22(19,20)10-7-6-9(14)12(15)13(10)16/h6-7,17H,2-5,8H2,1H3. The first-order valence-corrected chi connectivity index (χ1v) is 7.98. The second-order valence-corrected chi connectivity index (χ2v) is 6.19. The highest BCUT2D eigenvalue weighted by atomic mass is 32.2. The predicted octanol–water partition coefficient (Wildman–Crippen LogP) is 2.12. The summed E-state index contributed by atoms with van der Waals surface area (Å²) in [6, 6.07) is 1.21. The van der Waals surface area contributed by atoms with Crippen molar-refractivity contribution in [3.8, 4) is 0 Å². The summed E-state index contributed by atoms with van der Waals surface area (Å²) in [5, 5.41) is 0. The normalized spacial score (nSPS) is 11.5. The van der Waals surface area contributed by atoms with Crippen LogP contribution in [-0.2, 0) is 19.6 Å². The number of hydrogen-bond donors (Lipinski definition) is 1. The van der Waals surface area contributed by atoms with Gasteiger partial charge in [0.2, 0.25) is 10.0 Å². The summed E-state index contributed by atoms with van der Waals surface area (Å²) < 4.78 is 69.3. The molecule has 0 unspecified atom stereocenters. The van der Waals surface area contributed by atoms with Gasteiger partial charge >= 0.3 is 5.97 Å². The van der Waals surface area contributed by atoms with Crippen LogP contribution in [0.1, 0.15) is 25.7 Å². The molecule has 0 bridgehead atoms. The second kappa shape index (κ2) is 8.14. The zero-order valence-electron chi connectivity index (χ0n) is 11.9. The molecule has 1 aromatic carbocycles. The zero-order chi connectivity index (χ0) is 16.8. The van der Waals surface area contributed by atoms with E-state index in [1.165, 1.54) is 7.11 Å². The molecule has 0 aliphatic heterocycles. The Morgan fingerprint density at radius 2 is 1.82 bits per heavy atom. The number of halogens is 3. The van der Waals surface area contributed by atoms with Crippen LogP contribution in [0.2, 0.25) is 0 Å². The summed E-state index contributed by atoms with van der Waals surface area (Å²) in [4.78, 5) is 9.90. The van der Waals surface area contributed by atoms with Crippen molar-refractivity contribution in [1.29, 1.82) is 0 Å². The molecule has 0 radical (unpaired) electrons. The molecule has 0 aliphatic rings. The molecular weight excluding hydrogens is 323 g/mol. The van der Waals surface area contributed by atoms with Crippen molar-refractivity contribution in [1.82, 2.24) is 4.72 Å². The van der Waals surface area contributed by atoms with Gasteiger partial charge in [-0.05, 0) is 25.0 Å². The fraction of sp³-hybridized carbons (Fsp3) is 0.462. The number of unbranched alkanes of at least 4 members (excludes halogenated alkanes) is 2. The lowest BCUT2D eigenvalue weighted by molar-refractivity contribution is -0.140. The van der Waals surface area contributed by atoms with Crippen molar-refractivity contribution in [2.45, 2.75) is 30.6 Å². The molecule has 124 valence electrons. The number of hydrogen-bond acceptors (Lipinski definition) is 4. The molecule has 0 spiro atoms. The first-order valence-electron chi connectivity index (χ1n) is 6.49. The van der Waals surface area contributed by atoms with Gasteiger partial charge in [0.1, 0.15) is 4.90 Å². The Labute approximate surface area is 126 Å². The first-order chi connectivity index (χ1) is 10.3. The van der Waals surface area contributed by atoms with Crippen LogP contribution in [0.15, 0.2) is 17.0 Å². The van der Waals surface area contributed by atoms with Crippen LogP contribution < -0.4 is 4.72 Å². The fourth-order valence-electron chi connectivity index (χ4n) is 1.67. The molecule has 0 amide bonds. The van der Waals surface area contributed by atoms with Gasteiger partial charge in [-0.15, -0.1) is 0 Å². The number of ether oxygens (including phenoxy) is 1. The van der Waals surface area contributed by atoms with Crippen LogP contribution in [0, 0.1) is 17.5 Å². The summed E-state index contributed by atoms with van der Waals surface area (Å²) in [6.07, 6.45) is 1.70. The molecule has 1 aromatic rings. The quantitative estimate of drug-likeness (QED) is 0.447. The van der Waals surface area contributed by atoms with Crippen molar-refractivity contribution in [3.05, 3.63) is 29.6 Å². The van der Waals surface area contributed by atoms with E-state index in [4.69, 9.17) is 0 Å². The highest BCUT2D eigenvalue weighted by Gasteiger charge is 2.23. The van der Waals surface area contributed by atoms with Gasteiger partial charge < -0.3 is 4.74 Å². The van der Waals surface area contributed by atoms with E-state index < -0.39 is 32.4 Å². The number of rotatable bonds is 8. The minimum atomic E-state index is -4.26. The lowest BCUT2D eigenvalue weighted by Gasteiger charge is -2.08. The third-order valence-electron chi connectivity index (χ3n) is 2.87. The Balaban J connectivity index is 2.52. The van der Waals surface area contributed by atoms with Gasteiger partial charge in [-0.1, -0.05) is 6.42 Å². The number of nitrogens with one attached hydrogen (secondary N) is 1. The lowest BCUT2D eigenvalue weighted by Crippen LogP contribution is -2.26. The van der Waals surface area contributed by atoms with E-state index in [1.54, 1.807) is 0 Å². The van der Waals surface area contributed by atoms with Gasteiger partial charge in [-0.2, -0.15) is 0 Å². The number of sulfonamides is 1. The molecule has 22 heavy (non-hydrogen) atoms. The van der Waals surface area contributed by atoms with E-state index in [1.807, 2.05) is 0 Å². The third kappa shape index (κ3) is 4.99. The molecule has 5 nitrogen and oxygen atoms in total. The molecule has 0 saturated carbocycles. The molecule has 0 fully saturated rings. The molecule has 1 rings (SSSR count). The van der Waals surface area contributed by atoms with Crippen LogP contribution in [0.25, 0.3) is 0 Å². The van der Waals surface area contributed by atoms with Crippen LogP contribution >= 0.6 is 0 Å². The summed E-state index contributed by atoms with van der Waals surface area (Å²) in [6.45, 7) is -0.0120. The van der Waals surface area contributed by atoms with Crippen molar-refractivity contribution in [2.24, 2.45) is 0 Å². The smallest absolute Gasteiger partial charge is 0.305 e. The highest BCUT2D eigenvalue weighted by Crippen LogP contribution is 2.19. The maximum Gasteiger partial charge on any atom is 0.305 e. The van der Waals surface area contributed by atoms with Gasteiger partial charge in [0.25, 0.3) is 0 Å². The molecule has 9 heteroatoms. The minimum Gasteiger partial charge on any atom is -0.469 e. The summed E-state index contributed by atoms with van der Waals surface area (Å²) in [5.74, 6) is -5.40. The Morgan fingerprint density at radius 3 is 2.45 bits per heavy atom. The lowest BCUT2D eigenvalue weighted by atomic mass is 10.2. The Hall–Kier alpha value is -1.61. The van der Waals surface area contributed by atoms with E-state index >= 15 is 0 Å². The molecule has 0 aromatic heterocycles. The fourth-order valence-corrected chi connectivity index (χ4v) is 2.81. The van der Waals surface area contributed by atoms with E-state index in [2.05, 4.69) is 9.46 Å². The number of benzene rings is 1. The molecule has 0 heterocycles. The van der Waals surface area contributed by atoms with Crippen molar-refractivity contribution in [3.63, 3.8) is 0 Å². The van der Waals surface area contributed by atoms with Crippen LogP contribution in [0.5, 0.6) is 0 Å². The SMILES string of the molecule is COC(=O)CCCCCNS(=O)(=O)c1ccc(F)c(F)c1F. The molecule has 0 saturated heterocycles. The average Bonchev–Trinajstić information content (AvgIpc) is 2.47. The largest absolute Gasteiger partial charge is 0.469 e. The number of carbonyl (C=O) groups excluding carboxylic acids is 1. The predicted molar refractivity (Wildman–Crippen MR) is 72.0 cm³/mol. The molecular formula is C13H16F3NO4S. The average molecular weight is 339 g/mol. The Kier molecular flexibility index (Phi) is 6.82.